The number of aromatic amines is 1. The Kier molecular flexibility index (Phi) is 2.34. The van der Waals surface area contributed by atoms with Crippen molar-refractivity contribution < 1.29 is 14.6 Å². The van der Waals surface area contributed by atoms with E-state index in [0.29, 0.717) is 17.9 Å². The number of aromatic hydroxyl groups is 1. The highest BCUT2D eigenvalue weighted by Gasteiger charge is 2.40. The van der Waals surface area contributed by atoms with Gasteiger partial charge in [-0.25, -0.2) is 0 Å². The van der Waals surface area contributed by atoms with Gasteiger partial charge in [0.25, 0.3) is 5.91 Å². The fourth-order valence-corrected chi connectivity index (χ4v) is 3.60. The van der Waals surface area contributed by atoms with Gasteiger partial charge in [-0.1, -0.05) is 18.2 Å². The molecule has 1 unspecified atom stereocenters. The zero-order valence-electron chi connectivity index (χ0n) is 12.2. The molecule has 1 atom stereocenters. The summed E-state index contributed by atoms with van der Waals surface area (Å²) in [6.45, 7) is 0.605. The van der Waals surface area contributed by atoms with E-state index < -0.39 is 6.23 Å². The van der Waals surface area contributed by atoms with Crippen LogP contribution in [0.2, 0.25) is 0 Å². The van der Waals surface area contributed by atoms with Crippen molar-refractivity contribution in [3.05, 3.63) is 59.3 Å². The summed E-state index contributed by atoms with van der Waals surface area (Å²) in [5.41, 5.74) is 3.65. The van der Waals surface area contributed by atoms with Crippen molar-refractivity contribution in [3.63, 3.8) is 0 Å². The third kappa shape index (κ3) is 1.64. The number of ether oxygens (including phenoxy) is 1. The van der Waals surface area contributed by atoms with Crippen LogP contribution in [-0.4, -0.2) is 27.4 Å². The van der Waals surface area contributed by atoms with E-state index in [1.54, 1.807) is 11.0 Å². The molecular weight excluding hydrogens is 292 g/mol. The minimum Gasteiger partial charge on any atom is -0.508 e. The number of hydrogen-bond donors (Lipinski definition) is 2. The molecule has 0 fully saturated rings. The second kappa shape index (κ2) is 4.29. The van der Waals surface area contributed by atoms with Crippen LogP contribution in [0, 0.1) is 0 Å². The Morgan fingerprint density at radius 3 is 3.00 bits per heavy atom. The Balaban J connectivity index is 1.69. The van der Waals surface area contributed by atoms with Gasteiger partial charge in [-0.05, 0) is 36.2 Å². The van der Waals surface area contributed by atoms with E-state index in [9.17, 15) is 9.90 Å². The van der Waals surface area contributed by atoms with E-state index >= 15 is 0 Å². The predicted molar refractivity (Wildman–Crippen MR) is 84.5 cm³/mol. The number of hydrogen-bond acceptors (Lipinski definition) is 3. The maximum Gasteiger partial charge on any atom is 0.260 e. The van der Waals surface area contributed by atoms with Crippen molar-refractivity contribution in [3.8, 4) is 11.5 Å². The molecule has 0 spiro atoms. The number of nitrogens with one attached hydrogen (secondary N) is 1. The normalized spacial score (nSPS) is 19.0. The van der Waals surface area contributed by atoms with Gasteiger partial charge < -0.3 is 14.8 Å². The molecule has 5 rings (SSSR count). The van der Waals surface area contributed by atoms with E-state index in [-0.39, 0.29) is 11.7 Å². The molecule has 0 radical (unpaired) electrons. The summed E-state index contributed by atoms with van der Waals surface area (Å²) in [6, 6.07) is 12.8. The molecule has 2 aromatic carbocycles. The fourth-order valence-electron chi connectivity index (χ4n) is 3.60. The van der Waals surface area contributed by atoms with Crippen LogP contribution in [0.3, 0.4) is 0 Å². The summed E-state index contributed by atoms with van der Waals surface area (Å²) < 4.78 is 6.08. The molecule has 0 saturated carbocycles. The van der Waals surface area contributed by atoms with Gasteiger partial charge in [0.2, 0.25) is 6.23 Å². The van der Waals surface area contributed by atoms with Crippen LogP contribution in [0.5, 0.6) is 11.5 Å². The largest absolute Gasteiger partial charge is 0.508 e. The molecule has 5 heteroatoms. The first-order valence-electron chi connectivity index (χ1n) is 7.62. The third-order valence-corrected chi connectivity index (χ3v) is 4.67. The smallest absolute Gasteiger partial charge is 0.260 e. The summed E-state index contributed by atoms with van der Waals surface area (Å²) in [5.74, 6) is 0.486. The zero-order chi connectivity index (χ0) is 15.6. The molecule has 0 bridgehead atoms. The lowest BCUT2D eigenvalue weighted by Crippen LogP contribution is -2.45. The van der Waals surface area contributed by atoms with Crippen LogP contribution in [0.15, 0.2) is 42.5 Å². The molecule has 2 aliphatic rings. The lowest BCUT2D eigenvalue weighted by Gasteiger charge is -2.39. The molecule has 5 nitrogen and oxygen atoms in total. The van der Waals surface area contributed by atoms with Crippen molar-refractivity contribution >= 4 is 16.8 Å². The van der Waals surface area contributed by atoms with Gasteiger partial charge in [-0.2, -0.15) is 0 Å². The number of rotatable bonds is 0. The molecule has 3 aromatic rings. The Hall–Kier alpha value is -2.95. The number of nitrogens with zero attached hydrogens (tertiary/aromatic N) is 1. The second-order valence-corrected chi connectivity index (χ2v) is 5.96. The number of carbonyl (C=O) groups is 1. The standard InChI is InChI=1S/C18H14N2O3/c21-10-5-6-15-13(9-10)17(22)20-8-7-12-11-3-1-2-4-14(11)19-16(12)18(20)23-15/h1-6,9,18-19,21H,7-8H2. The van der Waals surface area contributed by atoms with E-state index in [0.717, 1.165) is 17.6 Å². The molecule has 23 heavy (non-hydrogen) atoms. The van der Waals surface area contributed by atoms with Crippen LogP contribution < -0.4 is 4.74 Å². The first-order chi connectivity index (χ1) is 11.2. The van der Waals surface area contributed by atoms with Gasteiger partial charge in [-0.3, -0.25) is 9.69 Å². The molecule has 1 aromatic heterocycles. The van der Waals surface area contributed by atoms with Gasteiger partial charge in [0, 0.05) is 17.4 Å². The Morgan fingerprint density at radius 2 is 2.09 bits per heavy atom. The minimum absolute atomic E-state index is 0.0717. The fraction of sp³-hybridized carbons (Fsp3) is 0.167. The highest BCUT2D eigenvalue weighted by molar-refractivity contribution is 5.99. The van der Waals surface area contributed by atoms with Gasteiger partial charge in [-0.15, -0.1) is 0 Å². The highest BCUT2D eigenvalue weighted by Crippen LogP contribution is 2.41. The molecule has 3 heterocycles. The summed E-state index contributed by atoms with van der Waals surface area (Å²) in [4.78, 5) is 17.9. The second-order valence-electron chi connectivity index (χ2n) is 5.96. The number of benzene rings is 2. The van der Waals surface area contributed by atoms with E-state index in [1.165, 1.54) is 23.1 Å². The maximum absolute atomic E-state index is 12.7. The average molecular weight is 306 g/mol. The van der Waals surface area contributed by atoms with E-state index in [4.69, 9.17) is 4.74 Å². The number of fused-ring (bicyclic) bond motifs is 6. The predicted octanol–water partition coefficient (Wildman–Crippen LogP) is 2.96. The Morgan fingerprint density at radius 1 is 1.22 bits per heavy atom. The van der Waals surface area contributed by atoms with Crippen LogP contribution in [0.25, 0.3) is 10.9 Å². The number of phenols is 1. The summed E-state index contributed by atoms with van der Waals surface area (Å²) in [6.07, 6.45) is 0.356. The Bertz CT molecular complexity index is 960. The monoisotopic (exact) mass is 306 g/mol. The van der Waals surface area contributed by atoms with Crippen LogP contribution in [0.4, 0.5) is 0 Å². The van der Waals surface area contributed by atoms with Gasteiger partial charge in [0.15, 0.2) is 0 Å². The topological polar surface area (TPSA) is 65.6 Å². The lowest BCUT2D eigenvalue weighted by atomic mass is 9.99. The van der Waals surface area contributed by atoms with Crippen molar-refractivity contribution in [2.45, 2.75) is 12.6 Å². The van der Waals surface area contributed by atoms with Crippen molar-refractivity contribution in [2.24, 2.45) is 0 Å². The van der Waals surface area contributed by atoms with Crippen molar-refractivity contribution in [2.75, 3.05) is 6.54 Å². The van der Waals surface area contributed by atoms with Crippen molar-refractivity contribution in [1.29, 1.82) is 0 Å². The number of para-hydroxylation sites is 1. The average Bonchev–Trinajstić information content (AvgIpc) is 2.95. The quantitative estimate of drug-likeness (QED) is 0.671. The zero-order valence-corrected chi connectivity index (χ0v) is 12.2. The number of amides is 1. The molecule has 1 amide bonds. The lowest BCUT2D eigenvalue weighted by molar-refractivity contribution is 0.00194. The number of phenolic OH excluding ortho intramolecular Hbond substituents is 1. The molecule has 2 N–H and O–H groups in total. The summed E-state index contributed by atoms with van der Waals surface area (Å²) in [7, 11) is 0. The van der Waals surface area contributed by atoms with E-state index in [2.05, 4.69) is 11.1 Å². The molecular formula is C18H14N2O3. The third-order valence-electron chi connectivity index (χ3n) is 4.67. The maximum atomic E-state index is 12.7. The molecule has 0 aliphatic carbocycles. The Labute approximate surface area is 132 Å². The molecule has 2 aliphatic heterocycles. The minimum atomic E-state index is -0.435. The number of carbonyl (C=O) groups excluding carboxylic acids is 1. The first-order valence-corrected chi connectivity index (χ1v) is 7.62. The van der Waals surface area contributed by atoms with Crippen LogP contribution >= 0.6 is 0 Å². The SMILES string of the molecule is O=C1c2cc(O)ccc2OC2c3[nH]c4ccccc4c3CCN12. The summed E-state index contributed by atoms with van der Waals surface area (Å²) in [5, 5.41) is 10.8. The van der Waals surface area contributed by atoms with Crippen LogP contribution in [0.1, 0.15) is 27.8 Å². The van der Waals surface area contributed by atoms with E-state index in [1.807, 2.05) is 18.2 Å². The molecule has 114 valence electrons. The number of H-pyrrole nitrogens is 1. The first kappa shape index (κ1) is 12.6. The number of aromatic nitrogens is 1. The van der Waals surface area contributed by atoms with Crippen molar-refractivity contribution in [1.82, 2.24) is 9.88 Å². The van der Waals surface area contributed by atoms with Crippen LogP contribution in [-0.2, 0) is 6.42 Å². The molecule has 0 saturated heterocycles. The van der Waals surface area contributed by atoms with Gasteiger partial charge in [0.1, 0.15) is 11.5 Å². The van der Waals surface area contributed by atoms with Gasteiger partial charge >= 0.3 is 0 Å². The summed E-state index contributed by atoms with van der Waals surface area (Å²) >= 11 is 0. The van der Waals surface area contributed by atoms with Gasteiger partial charge in [0.05, 0.1) is 11.3 Å². The highest BCUT2D eigenvalue weighted by atomic mass is 16.5.